The van der Waals surface area contributed by atoms with Crippen LogP contribution in [0.2, 0.25) is 0 Å². The van der Waals surface area contributed by atoms with Crippen molar-refractivity contribution in [3.05, 3.63) is 52.7 Å². The normalized spacial score (nSPS) is 10.8. The number of nitrogens with one attached hydrogen (secondary N) is 1. The van der Waals surface area contributed by atoms with Gasteiger partial charge in [-0.25, -0.2) is 4.98 Å². The summed E-state index contributed by atoms with van der Waals surface area (Å²) >= 11 is 1.43. The number of rotatable bonds is 7. The molecule has 0 aliphatic rings. The fourth-order valence-corrected chi connectivity index (χ4v) is 3.83. The van der Waals surface area contributed by atoms with Crippen molar-refractivity contribution in [1.82, 2.24) is 9.55 Å². The lowest BCUT2D eigenvalue weighted by Crippen LogP contribution is -2.20. The van der Waals surface area contributed by atoms with E-state index in [1.165, 1.54) is 22.7 Å². The number of carbonyl (C=O) groups is 1. The second-order valence-electron chi connectivity index (χ2n) is 6.58. The average molecular weight is 384 g/mol. The van der Waals surface area contributed by atoms with Gasteiger partial charge in [0.1, 0.15) is 5.75 Å². The summed E-state index contributed by atoms with van der Waals surface area (Å²) in [5, 5.41) is 5.39. The summed E-state index contributed by atoms with van der Waals surface area (Å²) < 4.78 is 7.90. The lowest BCUT2D eigenvalue weighted by Gasteiger charge is -2.08. The average Bonchev–Trinajstić information content (AvgIpc) is 3.21. The lowest BCUT2D eigenvalue weighted by molar-refractivity contribution is -0.118. The third kappa shape index (κ3) is 4.39. The van der Waals surface area contributed by atoms with Gasteiger partial charge in [-0.15, -0.1) is 11.3 Å². The molecule has 0 atom stereocenters. The second-order valence-corrected chi connectivity index (χ2v) is 7.43. The van der Waals surface area contributed by atoms with E-state index in [0.29, 0.717) is 5.13 Å². The Morgan fingerprint density at radius 1 is 1.26 bits per heavy atom. The maximum Gasteiger partial charge on any atom is 0.264 e. The minimum absolute atomic E-state index is 0.0369. The Balaban J connectivity index is 1.65. The molecule has 0 spiro atoms. The van der Waals surface area contributed by atoms with Crippen LogP contribution in [0.4, 0.5) is 5.13 Å². The van der Waals surface area contributed by atoms with Gasteiger partial charge < -0.3 is 9.30 Å². The fourth-order valence-electron chi connectivity index (χ4n) is 3.10. The lowest BCUT2D eigenvalue weighted by atomic mass is 10.2. The predicted octanol–water partition coefficient (Wildman–Crippen LogP) is 4.96. The molecule has 0 saturated carbocycles. The summed E-state index contributed by atoms with van der Waals surface area (Å²) in [4.78, 5) is 16.8. The molecular formula is C21H25N3O2S. The van der Waals surface area contributed by atoms with Gasteiger partial charge in [0.15, 0.2) is 11.7 Å². The molecule has 5 nitrogen and oxygen atoms in total. The van der Waals surface area contributed by atoms with Crippen molar-refractivity contribution in [3.8, 4) is 17.0 Å². The van der Waals surface area contributed by atoms with E-state index in [1.54, 1.807) is 0 Å². The number of aromatic nitrogens is 2. The van der Waals surface area contributed by atoms with Gasteiger partial charge in [-0.2, -0.15) is 0 Å². The van der Waals surface area contributed by atoms with Crippen LogP contribution in [0.5, 0.6) is 5.75 Å². The highest BCUT2D eigenvalue weighted by Gasteiger charge is 2.14. The Morgan fingerprint density at radius 3 is 2.78 bits per heavy atom. The van der Waals surface area contributed by atoms with Gasteiger partial charge in [0.05, 0.1) is 5.69 Å². The summed E-state index contributed by atoms with van der Waals surface area (Å²) in [5.74, 6) is 0.506. The number of thiazole rings is 1. The molecule has 0 aliphatic carbocycles. The molecule has 0 bridgehead atoms. The number of ether oxygens (including phenoxy) is 1. The Hall–Kier alpha value is -2.60. The number of aryl methyl sites for hydroxylation is 2. The van der Waals surface area contributed by atoms with Gasteiger partial charge in [-0.3, -0.25) is 10.1 Å². The monoisotopic (exact) mass is 383 g/mol. The van der Waals surface area contributed by atoms with Crippen LogP contribution in [0.15, 0.2) is 35.7 Å². The maximum absolute atomic E-state index is 12.2. The molecule has 3 aromatic rings. The number of para-hydroxylation sites is 1. The molecule has 2 heterocycles. The third-order valence-corrected chi connectivity index (χ3v) is 5.26. The van der Waals surface area contributed by atoms with Gasteiger partial charge in [-0.1, -0.05) is 25.1 Å². The molecule has 2 aromatic heterocycles. The molecule has 0 unspecified atom stereocenters. The van der Waals surface area contributed by atoms with Crippen LogP contribution < -0.4 is 10.1 Å². The summed E-state index contributed by atoms with van der Waals surface area (Å²) in [7, 11) is 0. The highest BCUT2D eigenvalue weighted by atomic mass is 32.1. The Bertz CT molecular complexity index is 943. The molecule has 6 heteroatoms. The molecule has 0 radical (unpaired) electrons. The number of benzene rings is 1. The van der Waals surface area contributed by atoms with Gasteiger partial charge in [-0.05, 0) is 44.9 Å². The number of anilines is 1. The number of nitrogens with zero attached hydrogens (tertiary/aromatic N) is 2. The molecule has 27 heavy (non-hydrogen) atoms. The zero-order valence-corrected chi connectivity index (χ0v) is 17.0. The topological polar surface area (TPSA) is 56.2 Å². The summed E-state index contributed by atoms with van der Waals surface area (Å²) in [6, 6.07) is 9.80. The summed E-state index contributed by atoms with van der Waals surface area (Å²) in [6.45, 7) is 9.32. The largest absolute Gasteiger partial charge is 0.483 e. The van der Waals surface area contributed by atoms with Gasteiger partial charge in [0.2, 0.25) is 0 Å². The van der Waals surface area contributed by atoms with Crippen LogP contribution in [0.3, 0.4) is 0 Å². The van der Waals surface area contributed by atoms with E-state index in [4.69, 9.17) is 4.74 Å². The maximum atomic E-state index is 12.2. The first-order chi connectivity index (χ1) is 13.0. The predicted molar refractivity (Wildman–Crippen MR) is 111 cm³/mol. The van der Waals surface area contributed by atoms with Crippen molar-refractivity contribution >= 4 is 22.4 Å². The molecule has 3 rings (SSSR count). The van der Waals surface area contributed by atoms with Crippen molar-refractivity contribution in [2.75, 3.05) is 11.9 Å². The van der Waals surface area contributed by atoms with E-state index < -0.39 is 0 Å². The van der Waals surface area contributed by atoms with E-state index in [1.807, 2.05) is 36.6 Å². The summed E-state index contributed by atoms with van der Waals surface area (Å²) in [5.41, 5.74) is 5.46. The van der Waals surface area contributed by atoms with Crippen LogP contribution in [0.25, 0.3) is 11.3 Å². The molecular weight excluding hydrogens is 358 g/mol. The van der Waals surface area contributed by atoms with Gasteiger partial charge >= 0.3 is 0 Å². The highest BCUT2D eigenvalue weighted by Crippen LogP contribution is 2.30. The molecule has 1 amide bonds. The first-order valence-electron chi connectivity index (χ1n) is 9.10. The van der Waals surface area contributed by atoms with E-state index in [-0.39, 0.29) is 12.5 Å². The number of carbonyl (C=O) groups excluding carboxylic acids is 1. The van der Waals surface area contributed by atoms with E-state index in [2.05, 4.69) is 41.7 Å². The Kier molecular flexibility index (Phi) is 5.96. The zero-order valence-electron chi connectivity index (χ0n) is 16.2. The first kappa shape index (κ1) is 19.2. The number of amides is 1. The van der Waals surface area contributed by atoms with Crippen molar-refractivity contribution in [3.63, 3.8) is 0 Å². The van der Waals surface area contributed by atoms with Gasteiger partial charge in [0, 0.05) is 28.9 Å². The van der Waals surface area contributed by atoms with Crippen LogP contribution in [-0.2, 0) is 11.3 Å². The second kappa shape index (κ2) is 8.39. The zero-order chi connectivity index (χ0) is 19.4. The number of hydrogen-bond donors (Lipinski definition) is 1. The standard InChI is InChI=1S/C21H25N3O2S/c1-5-10-24-15(3)11-17(16(24)4)18-13-27-21(22-18)23-20(25)12-26-19-9-7-6-8-14(19)2/h6-9,11,13H,5,10,12H2,1-4H3,(H,22,23,25). The van der Waals surface area contributed by atoms with E-state index in [9.17, 15) is 4.79 Å². The fraction of sp³-hybridized carbons (Fsp3) is 0.333. The van der Waals surface area contributed by atoms with Crippen molar-refractivity contribution in [2.45, 2.75) is 40.7 Å². The van der Waals surface area contributed by atoms with Crippen LogP contribution in [0, 0.1) is 20.8 Å². The van der Waals surface area contributed by atoms with Crippen molar-refractivity contribution < 1.29 is 9.53 Å². The minimum atomic E-state index is -0.212. The van der Waals surface area contributed by atoms with Gasteiger partial charge in [0.25, 0.3) is 5.91 Å². The minimum Gasteiger partial charge on any atom is -0.483 e. The smallest absolute Gasteiger partial charge is 0.264 e. The molecule has 0 saturated heterocycles. The molecule has 0 aliphatic heterocycles. The highest BCUT2D eigenvalue weighted by molar-refractivity contribution is 7.14. The van der Waals surface area contributed by atoms with Crippen LogP contribution >= 0.6 is 11.3 Å². The molecule has 1 aromatic carbocycles. The molecule has 0 fully saturated rings. The van der Waals surface area contributed by atoms with E-state index in [0.717, 1.165) is 35.5 Å². The van der Waals surface area contributed by atoms with Crippen LogP contribution in [-0.4, -0.2) is 22.1 Å². The van der Waals surface area contributed by atoms with Crippen LogP contribution in [0.1, 0.15) is 30.3 Å². The Morgan fingerprint density at radius 2 is 2.04 bits per heavy atom. The van der Waals surface area contributed by atoms with Crippen molar-refractivity contribution in [2.24, 2.45) is 0 Å². The SMILES string of the molecule is CCCn1c(C)cc(-c2csc(NC(=O)COc3ccccc3C)n2)c1C. The van der Waals surface area contributed by atoms with Crippen molar-refractivity contribution in [1.29, 1.82) is 0 Å². The number of hydrogen-bond acceptors (Lipinski definition) is 4. The first-order valence-corrected chi connectivity index (χ1v) is 9.98. The molecule has 1 N–H and O–H groups in total. The quantitative estimate of drug-likeness (QED) is 0.627. The summed E-state index contributed by atoms with van der Waals surface area (Å²) in [6.07, 6.45) is 1.09. The Labute approximate surface area is 164 Å². The third-order valence-electron chi connectivity index (χ3n) is 4.50. The molecule has 142 valence electrons. The van der Waals surface area contributed by atoms with E-state index >= 15 is 0 Å².